The molecule has 0 saturated heterocycles. The van der Waals surface area contributed by atoms with Gasteiger partial charge in [-0.15, -0.1) is 0 Å². The first kappa shape index (κ1) is 20.6. The molecule has 152 valence electrons. The zero-order valence-corrected chi connectivity index (χ0v) is 16.7. The fourth-order valence-electron chi connectivity index (χ4n) is 3.18. The quantitative estimate of drug-likeness (QED) is 0.665. The number of ether oxygens (including phenoxy) is 1. The molecule has 1 heterocycles. The third-order valence-electron chi connectivity index (χ3n) is 5.00. The Morgan fingerprint density at radius 3 is 2.75 bits per heavy atom. The Morgan fingerprint density at radius 1 is 1.43 bits per heavy atom. The van der Waals surface area contributed by atoms with Gasteiger partial charge in [0.15, 0.2) is 0 Å². The number of benzene rings is 1. The van der Waals surface area contributed by atoms with Crippen LogP contribution in [-0.4, -0.2) is 17.2 Å². The summed E-state index contributed by atoms with van der Waals surface area (Å²) in [5.41, 5.74) is 0.561. The van der Waals surface area contributed by atoms with Crippen molar-refractivity contribution < 1.29 is 22.8 Å². The summed E-state index contributed by atoms with van der Waals surface area (Å²) in [4.78, 5) is 11.1. The molecule has 0 unspecified atom stereocenters. The average molecular weight is 413 g/mol. The molecule has 0 radical (unpaired) electrons. The minimum atomic E-state index is -2.90. The third kappa shape index (κ3) is 4.46. The van der Waals surface area contributed by atoms with Gasteiger partial charge in [0.2, 0.25) is 5.91 Å². The predicted molar refractivity (Wildman–Crippen MR) is 101 cm³/mol. The molecule has 8 heteroatoms. The second-order valence-electron chi connectivity index (χ2n) is 7.19. The number of carbonyl (C=O) groups is 1. The lowest BCUT2D eigenvalue weighted by molar-refractivity contribution is -0.119. The zero-order chi connectivity index (χ0) is 20.5. The van der Waals surface area contributed by atoms with E-state index in [2.05, 4.69) is 10.5 Å². The zero-order valence-electron chi connectivity index (χ0n) is 16.0. The van der Waals surface area contributed by atoms with Crippen molar-refractivity contribution in [2.45, 2.75) is 64.0 Å². The molecule has 5 nitrogen and oxygen atoms in total. The maximum Gasteiger partial charge on any atom is 0.273 e. The van der Waals surface area contributed by atoms with Crippen molar-refractivity contribution in [3.8, 4) is 5.75 Å². The highest BCUT2D eigenvalue weighted by atomic mass is 35.5. The highest BCUT2D eigenvalue weighted by molar-refractivity contribution is 6.32. The number of alkyl halides is 2. The van der Waals surface area contributed by atoms with E-state index in [9.17, 15) is 13.6 Å². The Hall–Kier alpha value is -2.15. The van der Waals surface area contributed by atoms with Crippen LogP contribution in [0.4, 0.5) is 8.78 Å². The van der Waals surface area contributed by atoms with Crippen molar-refractivity contribution in [2.24, 2.45) is 0 Å². The molecule has 1 aromatic heterocycles. The van der Waals surface area contributed by atoms with E-state index in [4.69, 9.17) is 20.9 Å². The molecular formula is C20H23ClF2N2O3. The maximum absolute atomic E-state index is 13.8. The first-order valence-corrected chi connectivity index (χ1v) is 9.65. The van der Waals surface area contributed by atoms with E-state index < -0.39 is 5.92 Å². The number of carbonyl (C=O) groups excluding carboxylic acids is 1. The van der Waals surface area contributed by atoms with E-state index in [0.717, 1.165) is 5.76 Å². The predicted octanol–water partition coefficient (Wildman–Crippen LogP) is 5.35. The van der Waals surface area contributed by atoms with Crippen molar-refractivity contribution in [2.75, 3.05) is 0 Å². The van der Waals surface area contributed by atoms with Gasteiger partial charge in [0, 0.05) is 30.9 Å². The largest absolute Gasteiger partial charge is 0.489 e. The van der Waals surface area contributed by atoms with Crippen LogP contribution in [-0.2, 0) is 10.7 Å². The molecule has 1 N–H and O–H groups in total. The molecule has 1 saturated carbocycles. The van der Waals surface area contributed by atoms with Crippen LogP contribution in [0.15, 0.2) is 28.8 Å². The van der Waals surface area contributed by atoms with Gasteiger partial charge in [-0.1, -0.05) is 23.7 Å². The van der Waals surface area contributed by atoms with Gasteiger partial charge in [0.25, 0.3) is 5.92 Å². The fraction of sp³-hybridized carbons (Fsp3) is 0.500. The molecule has 3 rings (SSSR count). The van der Waals surface area contributed by atoms with E-state index in [1.807, 2.05) is 13.0 Å². The number of nitrogens with zero attached hydrogens (tertiary/aromatic N) is 1. The van der Waals surface area contributed by atoms with Crippen LogP contribution in [0, 0.1) is 0 Å². The van der Waals surface area contributed by atoms with E-state index in [1.54, 1.807) is 0 Å². The fourth-order valence-corrected chi connectivity index (χ4v) is 3.41. The molecule has 0 bridgehead atoms. The SMILES string of the molecule is CCC(F)(F)c1ccc(OC2CC(c3cc([C@H](C)NC(C)=O)no3)C2)c(Cl)c1. The molecule has 1 fully saturated rings. The van der Waals surface area contributed by atoms with Crippen molar-refractivity contribution >= 4 is 17.5 Å². The summed E-state index contributed by atoms with van der Waals surface area (Å²) >= 11 is 6.13. The van der Waals surface area contributed by atoms with Crippen LogP contribution < -0.4 is 10.1 Å². The Kier molecular flexibility index (Phi) is 5.93. The summed E-state index contributed by atoms with van der Waals surface area (Å²) < 4.78 is 38.8. The van der Waals surface area contributed by atoms with Gasteiger partial charge in [-0.05, 0) is 38.0 Å². The van der Waals surface area contributed by atoms with Gasteiger partial charge in [0.1, 0.15) is 23.3 Å². The minimum Gasteiger partial charge on any atom is -0.489 e. The van der Waals surface area contributed by atoms with Crippen LogP contribution in [0.5, 0.6) is 5.75 Å². The van der Waals surface area contributed by atoms with E-state index >= 15 is 0 Å². The second kappa shape index (κ2) is 8.07. The molecule has 1 amide bonds. The second-order valence-corrected chi connectivity index (χ2v) is 7.59. The summed E-state index contributed by atoms with van der Waals surface area (Å²) in [5.74, 6) is -1.72. The van der Waals surface area contributed by atoms with Crippen molar-refractivity contribution in [1.82, 2.24) is 10.5 Å². The number of nitrogens with one attached hydrogen (secondary N) is 1. The molecule has 1 atom stereocenters. The smallest absolute Gasteiger partial charge is 0.273 e. The molecule has 28 heavy (non-hydrogen) atoms. The van der Waals surface area contributed by atoms with Crippen LogP contribution in [0.2, 0.25) is 5.02 Å². The highest BCUT2D eigenvalue weighted by Gasteiger charge is 2.36. The van der Waals surface area contributed by atoms with Crippen molar-refractivity contribution in [3.63, 3.8) is 0 Å². The van der Waals surface area contributed by atoms with Gasteiger partial charge in [-0.25, -0.2) is 8.78 Å². The molecule has 0 spiro atoms. The molecular weight excluding hydrogens is 390 g/mol. The lowest BCUT2D eigenvalue weighted by Crippen LogP contribution is -2.32. The standard InChI is InChI=1S/C20H23ClF2N2O3/c1-4-20(22,23)14-5-6-18(16(21)9-14)27-15-7-13(8-15)19-10-17(25-28-19)11(2)24-12(3)26/h5-6,9-11,13,15H,4,7-8H2,1-3H3,(H,24,26)/t11-,13?,15?/m0/s1. The molecule has 1 aliphatic rings. The number of hydrogen-bond acceptors (Lipinski definition) is 4. The summed E-state index contributed by atoms with van der Waals surface area (Å²) in [7, 11) is 0. The van der Waals surface area contributed by atoms with Gasteiger partial charge < -0.3 is 14.6 Å². The summed E-state index contributed by atoms with van der Waals surface area (Å²) in [6, 6.07) is 5.74. The maximum atomic E-state index is 13.8. The lowest BCUT2D eigenvalue weighted by atomic mass is 9.80. The van der Waals surface area contributed by atoms with E-state index in [0.29, 0.717) is 24.3 Å². The van der Waals surface area contributed by atoms with Gasteiger partial charge in [-0.3, -0.25) is 4.79 Å². The summed E-state index contributed by atoms with van der Waals surface area (Å²) in [5, 5.41) is 6.95. The lowest BCUT2D eigenvalue weighted by Gasteiger charge is -2.34. The van der Waals surface area contributed by atoms with Crippen molar-refractivity contribution in [1.29, 1.82) is 0 Å². The minimum absolute atomic E-state index is 0.0682. The number of hydrogen-bond donors (Lipinski definition) is 1. The van der Waals surface area contributed by atoms with E-state index in [1.165, 1.54) is 32.0 Å². The molecule has 1 aromatic carbocycles. The van der Waals surface area contributed by atoms with Gasteiger partial charge in [0.05, 0.1) is 11.1 Å². The Labute approximate surface area is 167 Å². The average Bonchev–Trinajstić information content (AvgIpc) is 3.07. The summed E-state index contributed by atoms with van der Waals surface area (Å²) in [6.45, 7) is 4.72. The van der Waals surface area contributed by atoms with E-state index in [-0.39, 0.29) is 41.0 Å². The molecule has 1 aliphatic carbocycles. The number of aromatic nitrogens is 1. The van der Waals surface area contributed by atoms with Crippen LogP contribution in [0.25, 0.3) is 0 Å². The van der Waals surface area contributed by atoms with Crippen LogP contribution >= 0.6 is 11.6 Å². The molecule has 2 aromatic rings. The normalized spacial score (nSPS) is 20.4. The third-order valence-corrected chi connectivity index (χ3v) is 5.29. The molecule has 0 aliphatic heterocycles. The topological polar surface area (TPSA) is 64.4 Å². The Balaban J connectivity index is 1.56. The number of rotatable bonds is 7. The summed E-state index contributed by atoms with van der Waals surface area (Å²) in [6.07, 6.45) is 1.08. The van der Waals surface area contributed by atoms with Crippen molar-refractivity contribution in [3.05, 3.63) is 46.3 Å². The Bertz CT molecular complexity index is 850. The first-order chi connectivity index (χ1) is 13.2. The number of amides is 1. The number of halogens is 3. The first-order valence-electron chi connectivity index (χ1n) is 9.27. The Morgan fingerprint density at radius 2 is 2.14 bits per heavy atom. The highest BCUT2D eigenvalue weighted by Crippen LogP contribution is 2.42. The monoisotopic (exact) mass is 412 g/mol. The van der Waals surface area contributed by atoms with Gasteiger partial charge >= 0.3 is 0 Å². The van der Waals surface area contributed by atoms with Gasteiger partial charge in [-0.2, -0.15) is 0 Å². The van der Waals surface area contributed by atoms with Crippen LogP contribution in [0.3, 0.4) is 0 Å². The van der Waals surface area contributed by atoms with Crippen LogP contribution in [0.1, 0.15) is 69.0 Å².